The molecular weight excluding hydrogens is 336 g/mol. The lowest BCUT2D eigenvalue weighted by molar-refractivity contribution is 0.628. The molecule has 6 heteroatoms. The molecule has 2 aromatic carbocycles. The molecule has 0 unspecified atom stereocenters. The van der Waals surface area contributed by atoms with Crippen molar-refractivity contribution in [3.05, 3.63) is 76.2 Å². The summed E-state index contributed by atoms with van der Waals surface area (Å²) in [4.78, 5) is 8.51. The van der Waals surface area contributed by atoms with Gasteiger partial charge in [-0.15, -0.1) is 0 Å². The van der Waals surface area contributed by atoms with E-state index >= 15 is 0 Å². The normalized spacial score (nSPS) is 10.6. The van der Waals surface area contributed by atoms with E-state index in [1.54, 1.807) is 18.2 Å². The number of aromatic nitrogens is 2. The maximum Gasteiger partial charge on any atom is 0.163 e. The van der Waals surface area contributed by atoms with E-state index in [1.165, 1.54) is 12.1 Å². The highest BCUT2D eigenvalue weighted by Gasteiger charge is 2.07. The summed E-state index contributed by atoms with van der Waals surface area (Å²) in [5.74, 6) is 0.555. The van der Waals surface area contributed by atoms with Crippen LogP contribution in [0.25, 0.3) is 11.4 Å². The van der Waals surface area contributed by atoms with Gasteiger partial charge in [0.2, 0.25) is 0 Å². The van der Waals surface area contributed by atoms with E-state index < -0.39 is 0 Å². The van der Waals surface area contributed by atoms with Crippen molar-refractivity contribution in [2.45, 2.75) is 6.54 Å². The van der Waals surface area contributed by atoms with Gasteiger partial charge in [0.05, 0.1) is 0 Å². The van der Waals surface area contributed by atoms with Gasteiger partial charge in [0, 0.05) is 23.2 Å². The lowest BCUT2D eigenvalue weighted by Gasteiger charge is -2.09. The van der Waals surface area contributed by atoms with E-state index in [0.29, 0.717) is 28.8 Å². The first-order chi connectivity index (χ1) is 11.1. The van der Waals surface area contributed by atoms with Gasteiger partial charge < -0.3 is 5.32 Å². The fourth-order valence-corrected chi connectivity index (χ4v) is 2.48. The molecule has 116 valence electrons. The Morgan fingerprint density at radius 3 is 2.57 bits per heavy atom. The van der Waals surface area contributed by atoms with Gasteiger partial charge in [0.1, 0.15) is 16.8 Å². The highest BCUT2D eigenvalue weighted by Crippen LogP contribution is 2.22. The number of hydrogen-bond donors (Lipinski definition) is 1. The topological polar surface area (TPSA) is 37.8 Å². The molecule has 3 aromatic rings. The van der Waals surface area contributed by atoms with Crippen molar-refractivity contribution in [2.24, 2.45) is 0 Å². The Labute approximate surface area is 143 Å². The molecule has 3 rings (SSSR count). The van der Waals surface area contributed by atoms with Crippen LogP contribution in [0.4, 0.5) is 10.2 Å². The Kier molecular flexibility index (Phi) is 4.74. The standard InChI is InChI=1S/C17H12Cl2FN3/c18-14-7-2-1-4-12(14)10-21-16-9-15(19)22-17(23-16)11-5-3-6-13(20)8-11/h1-9H,10H2,(H,21,22,23). The highest BCUT2D eigenvalue weighted by molar-refractivity contribution is 6.31. The van der Waals surface area contributed by atoms with Gasteiger partial charge in [-0.1, -0.05) is 53.5 Å². The average molecular weight is 348 g/mol. The fraction of sp³-hybridized carbons (Fsp3) is 0.0588. The molecule has 0 aliphatic carbocycles. The third kappa shape index (κ3) is 3.97. The minimum atomic E-state index is -0.350. The second-order valence-electron chi connectivity index (χ2n) is 4.85. The predicted octanol–water partition coefficient (Wildman–Crippen LogP) is 5.20. The van der Waals surface area contributed by atoms with Crippen molar-refractivity contribution in [1.29, 1.82) is 0 Å². The van der Waals surface area contributed by atoms with E-state index in [1.807, 2.05) is 24.3 Å². The van der Waals surface area contributed by atoms with Gasteiger partial charge in [-0.05, 0) is 23.8 Å². The van der Waals surface area contributed by atoms with Crippen LogP contribution in [0.2, 0.25) is 10.2 Å². The van der Waals surface area contributed by atoms with Crippen LogP contribution in [0.15, 0.2) is 54.6 Å². The van der Waals surface area contributed by atoms with E-state index in [2.05, 4.69) is 15.3 Å². The minimum absolute atomic E-state index is 0.279. The zero-order chi connectivity index (χ0) is 16.2. The molecule has 0 fully saturated rings. The molecule has 0 atom stereocenters. The molecule has 0 saturated heterocycles. The van der Waals surface area contributed by atoms with Crippen LogP contribution in [0.3, 0.4) is 0 Å². The predicted molar refractivity (Wildman–Crippen MR) is 91.2 cm³/mol. The fourth-order valence-electron chi connectivity index (χ4n) is 2.09. The largest absolute Gasteiger partial charge is 0.366 e. The van der Waals surface area contributed by atoms with E-state index in [4.69, 9.17) is 23.2 Å². The summed E-state index contributed by atoms with van der Waals surface area (Å²) < 4.78 is 13.3. The third-order valence-corrected chi connectivity index (χ3v) is 3.76. The molecule has 0 amide bonds. The number of anilines is 1. The lowest BCUT2D eigenvalue weighted by Crippen LogP contribution is -2.03. The van der Waals surface area contributed by atoms with Crippen molar-refractivity contribution >= 4 is 29.0 Å². The minimum Gasteiger partial charge on any atom is -0.366 e. The molecule has 23 heavy (non-hydrogen) atoms. The summed E-state index contributed by atoms with van der Waals surface area (Å²) in [5, 5.41) is 4.10. The molecular formula is C17H12Cl2FN3. The van der Waals surface area contributed by atoms with Crippen molar-refractivity contribution < 1.29 is 4.39 Å². The Morgan fingerprint density at radius 2 is 1.78 bits per heavy atom. The quantitative estimate of drug-likeness (QED) is 0.659. The number of hydrogen-bond acceptors (Lipinski definition) is 3. The summed E-state index contributed by atoms with van der Waals surface area (Å²) in [6.45, 7) is 0.496. The van der Waals surface area contributed by atoms with Crippen LogP contribution in [-0.2, 0) is 6.54 Å². The van der Waals surface area contributed by atoms with E-state index in [-0.39, 0.29) is 11.0 Å². The lowest BCUT2D eigenvalue weighted by atomic mass is 10.2. The summed E-state index contributed by atoms with van der Waals surface area (Å²) in [6, 6.07) is 15.2. The van der Waals surface area contributed by atoms with Gasteiger partial charge >= 0.3 is 0 Å². The zero-order valence-electron chi connectivity index (χ0n) is 11.9. The molecule has 0 aliphatic heterocycles. The van der Waals surface area contributed by atoms with Gasteiger partial charge in [0.15, 0.2) is 5.82 Å². The number of rotatable bonds is 4. The first-order valence-electron chi connectivity index (χ1n) is 6.89. The van der Waals surface area contributed by atoms with Gasteiger partial charge in [0.25, 0.3) is 0 Å². The third-order valence-electron chi connectivity index (χ3n) is 3.20. The van der Waals surface area contributed by atoms with Crippen LogP contribution in [0.1, 0.15) is 5.56 Å². The van der Waals surface area contributed by atoms with Crippen molar-refractivity contribution in [2.75, 3.05) is 5.32 Å². The van der Waals surface area contributed by atoms with Gasteiger partial charge in [-0.25, -0.2) is 14.4 Å². The molecule has 0 bridgehead atoms. The first kappa shape index (κ1) is 15.7. The van der Waals surface area contributed by atoms with E-state index in [9.17, 15) is 4.39 Å². The van der Waals surface area contributed by atoms with Gasteiger partial charge in [-0.2, -0.15) is 0 Å². The monoisotopic (exact) mass is 347 g/mol. The molecule has 1 aromatic heterocycles. The molecule has 1 heterocycles. The smallest absolute Gasteiger partial charge is 0.163 e. The van der Waals surface area contributed by atoms with Crippen molar-refractivity contribution in [3.63, 3.8) is 0 Å². The Hall–Kier alpha value is -2.17. The van der Waals surface area contributed by atoms with Crippen LogP contribution < -0.4 is 5.32 Å². The molecule has 0 radical (unpaired) electrons. The summed E-state index contributed by atoms with van der Waals surface area (Å²) >= 11 is 12.2. The molecule has 1 N–H and O–H groups in total. The highest BCUT2D eigenvalue weighted by atomic mass is 35.5. The van der Waals surface area contributed by atoms with Crippen molar-refractivity contribution in [3.8, 4) is 11.4 Å². The van der Waals surface area contributed by atoms with Crippen LogP contribution in [0.5, 0.6) is 0 Å². The number of halogens is 3. The average Bonchev–Trinajstić information content (AvgIpc) is 2.54. The summed E-state index contributed by atoms with van der Waals surface area (Å²) in [6.07, 6.45) is 0. The Bertz CT molecular complexity index is 840. The zero-order valence-corrected chi connectivity index (χ0v) is 13.4. The molecule has 0 saturated carbocycles. The first-order valence-corrected chi connectivity index (χ1v) is 7.65. The maximum absolute atomic E-state index is 13.3. The van der Waals surface area contributed by atoms with Crippen LogP contribution in [-0.4, -0.2) is 9.97 Å². The molecule has 3 nitrogen and oxygen atoms in total. The summed E-state index contributed by atoms with van der Waals surface area (Å²) in [5.41, 5.74) is 1.50. The number of nitrogens with one attached hydrogen (secondary N) is 1. The van der Waals surface area contributed by atoms with Crippen LogP contribution in [0, 0.1) is 5.82 Å². The van der Waals surface area contributed by atoms with Crippen LogP contribution >= 0.6 is 23.2 Å². The van der Waals surface area contributed by atoms with E-state index in [0.717, 1.165) is 5.56 Å². The Balaban J connectivity index is 1.85. The Morgan fingerprint density at radius 1 is 0.957 bits per heavy atom. The molecule has 0 aliphatic rings. The second-order valence-corrected chi connectivity index (χ2v) is 5.65. The van der Waals surface area contributed by atoms with Gasteiger partial charge in [-0.3, -0.25) is 0 Å². The summed E-state index contributed by atoms with van der Waals surface area (Å²) in [7, 11) is 0. The SMILES string of the molecule is Fc1cccc(-c2nc(Cl)cc(NCc3ccccc3Cl)n2)c1. The molecule has 0 spiro atoms. The van der Waals surface area contributed by atoms with Crippen molar-refractivity contribution in [1.82, 2.24) is 9.97 Å². The maximum atomic E-state index is 13.3. The number of benzene rings is 2. The number of nitrogens with zero attached hydrogens (tertiary/aromatic N) is 2. The second kappa shape index (κ2) is 6.94.